The zero-order valence-electron chi connectivity index (χ0n) is 17.4. The van der Waals surface area contributed by atoms with E-state index in [1.807, 2.05) is 36.4 Å². The lowest BCUT2D eigenvalue weighted by Crippen LogP contribution is -1.95. The quantitative estimate of drug-likeness (QED) is 0.496. The zero-order chi connectivity index (χ0) is 20.8. The first-order chi connectivity index (χ1) is 14.1. The number of benzene rings is 2. The molecule has 1 N–H and O–H groups in total. The molecule has 3 rings (SSSR count). The van der Waals surface area contributed by atoms with Crippen LogP contribution in [0.4, 0.5) is 10.8 Å². The minimum Gasteiger partial charge on any atom is -0.497 e. The Labute approximate surface area is 175 Å². The Morgan fingerprint density at radius 3 is 2.28 bits per heavy atom. The van der Waals surface area contributed by atoms with Crippen LogP contribution in [0.1, 0.15) is 18.2 Å². The fourth-order valence-corrected chi connectivity index (χ4v) is 4.13. The van der Waals surface area contributed by atoms with Gasteiger partial charge < -0.3 is 24.3 Å². The Bertz CT molecular complexity index is 971. The smallest absolute Gasteiger partial charge is 0.188 e. The van der Waals surface area contributed by atoms with E-state index in [1.54, 1.807) is 39.8 Å². The number of nitrogens with zero attached hydrogens (tertiary/aromatic N) is 1. The predicted molar refractivity (Wildman–Crippen MR) is 117 cm³/mol. The maximum Gasteiger partial charge on any atom is 0.188 e. The molecule has 2 aromatic carbocycles. The number of hydrogen-bond acceptors (Lipinski definition) is 7. The highest BCUT2D eigenvalue weighted by Crippen LogP contribution is 2.39. The number of thiazole rings is 1. The first kappa shape index (κ1) is 20.8. The summed E-state index contributed by atoms with van der Waals surface area (Å²) in [6.45, 7) is 2.16. The summed E-state index contributed by atoms with van der Waals surface area (Å²) in [5.74, 6) is 2.82. The Kier molecular flexibility index (Phi) is 6.82. The molecular weight excluding hydrogens is 388 g/mol. The van der Waals surface area contributed by atoms with Crippen LogP contribution in [-0.4, -0.2) is 33.4 Å². The SMILES string of the molecule is CCCc1sc(Nc2ccc(OC)cc2OC)nc1-c1ccc(OC)c(OC)c1. The van der Waals surface area contributed by atoms with Gasteiger partial charge in [0, 0.05) is 16.5 Å². The molecule has 0 unspecified atom stereocenters. The molecule has 0 saturated carbocycles. The van der Waals surface area contributed by atoms with Crippen LogP contribution in [-0.2, 0) is 6.42 Å². The molecular formula is C22H26N2O4S. The molecule has 0 radical (unpaired) electrons. The van der Waals surface area contributed by atoms with E-state index < -0.39 is 0 Å². The van der Waals surface area contributed by atoms with Crippen molar-refractivity contribution in [3.63, 3.8) is 0 Å². The van der Waals surface area contributed by atoms with Gasteiger partial charge in [0.15, 0.2) is 16.6 Å². The molecule has 1 aromatic heterocycles. The van der Waals surface area contributed by atoms with E-state index in [4.69, 9.17) is 23.9 Å². The average molecular weight is 415 g/mol. The summed E-state index contributed by atoms with van der Waals surface area (Å²) in [7, 11) is 6.54. The van der Waals surface area contributed by atoms with Gasteiger partial charge in [0.05, 0.1) is 39.8 Å². The summed E-state index contributed by atoms with van der Waals surface area (Å²) >= 11 is 1.65. The first-order valence-corrected chi connectivity index (χ1v) is 10.2. The molecule has 29 heavy (non-hydrogen) atoms. The average Bonchev–Trinajstić information content (AvgIpc) is 3.15. The Hall–Kier alpha value is -2.93. The summed E-state index contributed by atoms with van der Waals surface area (Å²) < 4.78 is 21.6. The van der Waals surface area contributed by atoms with Crippen molar-refractivity contribution in [3.05, 3.63) is 41.3 Å². The van der Waals surface area contributed by atoms with Crippen molar-refractivity contribution in [2.45, 2.75) is 19.8 Å². The number of rotatable bonds is 9. The Morgan fingerprint density at radius 1 is 0.862 bits per heavy atom. The van der Waals surface area contributed by atoms with E-state index >= 15 is 0 Å². The molecule has 0 aliphatic carbocycles. The van der Waals surface area contributed by atoms with Crippen LogP contribution < -0.4 is 24.3 Å². The summed E-state index contributed by atoms with van der Waals surface area (Å²) in [5.41, 5.74) is 2.79. The molecule has 0 saturated heterocycles. The standard InChI is InChI=1S/C22H26N2O4S/c1-6-7-20-21(14-8-11-17(26-3)19(12-14)28-5)24-22(29-20)23-16-10-9-15(25-2)13-18(16)27-4/h8-13H,6-7H2,1-5H3,(H,23,24). The van der Waals surface area contributed by atoms with Crippen LogP contribution in [0.5, 0.6) is 23.0 Å². The van der Waals surface area contributed by atoms with Gasteiger partial charge >= 0.3 is 0 Å². The minimum atomic E-state index is 0.687. The zero-order valence-corrected chi connectivity index (χ0v) is 18.2. The van der Waals surface area contributed by atoms with Crippen molar-refractivity contribution in [2.75, 3.05) is 33.8 Å². The number of aryl methyl sites for hydroxylation is 1. The van der Waals surface area contributed by atoms with Gasteiger partial charge in [-0.05, 0) is 36.8 Å². The van der Waals surface area contributed by atoms with Gasteiger partial charge in [-0.1, -0.05) is 13.3 Å². The fourth-order valence-electron chi connectivity index (χ4n) is 3.03. The van der Waals surface area contributed by atoms with Crippen molar-refractivity contribution in [1.82, 2.24) is 4.98 Å². The van der Waals surface area contributed by atoms with Crippen LogP contribution in [0.25, 0.3) is 11.3 Å². The molecule has 0 fully saturated rings. The maximum atomic E-state index is 5.49. The van der Waals surface area contributed by atoms with Gasteiger partial charge in [-0.15, -0.1) is 11.3 Å². The number of nitrogens with one attached hydrogen (secondary N) is 1. The van der Waals surface area contributed by atoms with Gasteiger partial charge in [0.1, 0.15) is 11.5 Å². The topological polar surface area (TPSA) is 61.8 Å². The van der Waals surface area contributed by atoms with Crippen LogP contribution in [0.15, 0.2) is 36.4 Å². The first-order valence-electron chi connectivity index (χ1n) is 9.34. The second-order valence-electron chi connectivity index (χ2n) is 6.30. The van der Waals surface area contributed by atoms with Crippen molar-refractivity contribution >= 4 is 22.2 Å². The lowest BCUT2D eigenvalue weighted by molar-refractivity contribution is 0.355. The van der Waals surface area contributed by atoms with E-state index in [0.29, 0.717) is 17.2 Å². The van der Waals surface area contributed by atoms with Crippen molar-refractivity contribution < 1.29 is 18.9 Å². The van der Waals surface area contributed by atoms with Gasteiger partial charge in [-0.2, -0.15) is 0 Å². The Balaban J connectivity index is 1.97. The molecule has 0 amide bonds. The molecule has 0 atom stereocenters. The number of ether oxygens (including phenoxy) is 4. The second-order valence-corrected chi connectivity index (χ2v) is 7.39. The highest BCUT2D eigenvalue weighted by atomic mass is 32.1. The molecule has 3 aromatic rings. The Morgan fingerprint density at radius 2 is 1.62 bits per heavy atom. The minimum absolute atomic E-state index is 0.687. The molecule has 0 aliphatic rings. The van der Waals surface area contributed by atoms with Crippen molar-refractivity contribution in [3.8, 4) is 34.3 Å². The molecule has 6 nitrogen and oxygen atoms in total. The maximum absolute atomic E-state index is 5.49. The fraction of sp³-hybridized carbons (Fsp3) is 0.318. The molecule has 0 bridgehead atoms. The summed E-state index contributed by atoms with van der Waals surface area (Å²) in [6, 6.07) is 11.5. The highest BCUT2D eigenvalue weighted by molar-refractivity contribution is 7.16. The van der Waals surface area contributed by atoms with Crippen LogP contribution in [0, 0.1) is 0 Å². The lowest BCUT2D eigenvalue weighted by atomic mass is 10.1. The van der Waals surface area contributed by atoms with E-state index in [9.17, 15) is 0 Å². The van der Waals surface area contributed by atoms with Crippen LogP contribution in [0.2, 0.25) is 0 Å². The molecule has 7 heteroatoms. The third kappa shape index (κ3) is 4.56. The van der Waals surface area contributed by atoms with E-state index in [-0.39, 0.29) is 0 Å². The van der Waals surface area contributed by atoms with Gasteiger partial charge in [0.2, 0.25) is 0 Å². The molecule has 154 valence electrons. The van der Waals surface area contributed by atoms with Gasteiger partial charge in [-0.3, -0.25) is 0 Å². The lowest BCUT2D eigenvalue weighted by Gasteiger charge is -2.10. The number of hydrogen-bond donors (Lipinski definition) is 1. The third-order valence-corrected chi connectivity index (χ3v) is 5.51. The van der Waals surface area contributed by atoms with Crippen LogP contribution in [0.3, 0.4) is 0 Å². The monoisotopic (exact) mass is 414 g/mol. The highest BCUT2D eigenvalue weighted by Gasteiger charge is 2.16. The summed E-state index contributed by atoms with van der Waals surface area (Å²) in [6.07, 6.45) is 1.98. The number of aromatic nitrogens is 1. The van der Waals surface area contributed by atoms with Gasteiger partial charge in [-0.25, -0.2) is 4.98 Å². The van der Waals surface area contributed by atoms with Gasteiger partial charge in [0.25, 0.3) is 0 Å². The second kappa shape index (κ2) is 9.52. The van der Waals surface area contributed by atoms with Crippen molar-refractivity contribution in [2.24, 2.45) is 0 Å². The van der Waals surface area contributed by atoms with Crippen molar-refractivity contribution in [1.29, 1.82) is 0 Å². The van der Waals surface area contributed by atoms with E-state index in [1.165, 1.54) is 4.88 Å². The predicted octanol–water partition coefficient (Wildman–Crippen LogP) is 5.54. The summed E-state index contributed by atoms with van der Waals surface area (Å²) in [5, 5.41) is 4.19. The molecule has 0 aliphatic heterocycles. The normalized spacial score (nSPS) is 10.5. The molecule has 0 spiro atoms. The molecule has 1 heterocycles. The number of methoxy groups -OCH3 is 4. The third-order valence-electron chi connectivity index (χ3n) is 4.48. The largest absolute Gasteiger partial charge is 0.497 e. The van der Waals surface area contributed by atoms with E-state index in [0.717, 1.165) is 40.7 Å². The summed E-state index contributed by atoms with van der Waals surface area (Å²) in [4.78, 5) is 6.08. The van der Waals surface area contributed by atoms with Crippen LogP contribution >= 0.6 is 11.3 Å². The van der Waals surface area contributed by atoms with E-state index in [2.05, 4.69) is 12.2 Å². The number of anilines is 2.